The molecule has 2 aromatic carbocycles. The van der Waals surface area contributed by atoms with Crippen molar-refractivity contribution in [3.05, 3.63) is 101 Å². The van der Waals surface area contributed by atoms with Crippen molar-refractivity contribution in [1.82, 2.24) is 14.8 Å². The highest BCUT2D eigenvalue weighted by atomic mass is 35.5. The Labute approximate surface area is 166 Å². The summed E-state index contributed by atoms with van der Waals surface area (Å²) < 4.78 is 0. The number of benzene rings is 2. The van der Waals surface area contributed by atoms with E-state index in [2.05, 4.69) is 81.5 Å². The first-order valence-electron chi connectivity index (χ1n) is 9.47. The lowest BCUT2D eigenvalue weighted by Crippen LogP contribution is -2.47. The highest BCUT2D eigenvalue weighted by Crippen LogP contribution is 2.29. The van der Waals surface area contributed by atoms with Crippen molar-refractivity contribution < 1.29 is 0 Å². The van der Waals surface area contributed by atoms with Crippen molar-refractivity contribution in [2.45, 2.75) is 12.6 Å². The van der Waals surface area contributed by atoms with E-state index < -0.39 is 0 Å². The fourth-order valence-corrected chi connectivity index (χ4v) is 4.02. The van der Waals surface area contributed by atoms with E-state index in [0.29, 0.717) is 11.2 Å². The van der Waals surface area contributed by atoms with Gasteiger partial charge in [0.25, 0.3) is 0 Å². The van der Waals surface area contributed by atoms with Gasteiger partial charge in [0.1, 0.15) is 5.15 Å². The molecule has 1 fully saturated rings. The summed E-state index contributed by atoms with van der Waals surface area (Å²) in [6.45, 7) is 4.99. The summed E-state index contributed by atoms with van der Waals surface area (Å²) in [5.41, 5.74) is 3.81. The average Bonchev–Trinajstić information content (AvgIpc) is 2.73. The SMILES string of the molecule is Clc1ncccc1CN1CCN(C(c2ccccc2)c2ccccc2)CC1. The minimum atomic E-state index is 0.302. The van der Waals surface area contributed by atoms with E-state index in [1.165, 1.54) is 11.1 Å². The van der Waals surface area contributed by atoms with E-state index in [9.17, 15) is 0 Å². The van der Waals surface area contributed by atoms with Crippen molar-refractivity contribution in [3.8, 4) is 0 Å². The standard InChI is InChI=1S/C23H24ClN3/c24-23-21(12-7-13-25-23)18-26-14-16-27(17-15-26)22(19-8-3-1-4-9-19)20-10-5-2-6-11-20/h1-13,22H,14-18H2. The molecule has 1 aromatic heterocycles. The van der Waals surface area contributed by atoms with E-state index in [0.717, 1.165) is 38.3 Å². The molecule has 3 nitrogen and oxygen atoms in total. The van der Waals surface area contributed by atoms with Crippen LogP contribution in [-0.4, -0.2) is 41.0 Å². The maximum atomic E-state index is 6.23. The number of hydrogen-bond donors (Lipinski definition) is 0. The van der Waals surface area contributed by atoms with Crippen LogP contribution >= 0.6 is 11.6 Å². The molecule has 2 heterocycles. The summed E-state index contributed by atoms with van der Waals surface area (Å²) in [5, 5.41) is 0.617. The van der Waals surface area contributed by atoms with Gasteiger partial charge in [0.15, 0.2) is 0 Å². The Hall–Kier alpha value is -2.20. The Morgan fingerprint density at radius 1 is 0.778 bits per heavy atom. The van der Waals surface area contributed by atoms with Crippen LogP contribution in [0.3, 0.4) is 0 Å². The van der Waals surface area contributed by atoms with Gasteiger partial charge in [0.2, 0.25) is 0 Å². The van der Waals surface area contributed by atoms with E-state index >= 15 is 0 Å². The van der Waals surface area contributed by atoms with Gasteiger partial charge < -0.3 is 0 Å². The largest absolute Gasteiger partial charge is 0.296 e. The third-order valence-corrected chi connectivity index (χ3v) is 5.57. The number of rotatable bonds is 5. The van der Waals surface area contributed by atoms with Gasteiger partial charge >= 0.3 is 0 Å². The normalized spacial score (nSPS) is 15.9. The first-order chi connectivity index (χ1) is 13.3. The second-order valence-electron chi connectivity index (χ2n) is 6.99. The summed E-state index contributed by atoms with van der Waals surface area (Å²) >= 11 is 6.23. The second-order valence-corrected chi connectivity index (χ2v) is 7.35. The summed E-state index contributed by atoms with van der Waals surface area (Å²) in [6.07, 6.45) is 1.74. The molecule has 138 valence electrons. The first kappa shape index (κ1) is 18.2. The molecule has 27 heavy (non-hydrogen) atoms. The van der Waals surface area contributed by atoms with Crippen LogP contribution in [0.15, 0.2) is 79.0 Å². The smallest absolute Gasteiger partial charge is 0.133 e. The molecule has 0 spiro atoms. The second kappa shape index (κ2) is 8.66. The molecule has 0 amide bonds. The van der Waals surface area contributed by atoms with Crippen molar-refractivity contribution in [1.29, 1.82) is 0 Å². The molecule has 1 aliphatic rings. The quantitative estimate of drug-likeness (QED) is 0.604. The Kier molecular flexibility index (Phi) is 5.83. The number of pyridine rings is 1. The fraction of sp³-hybridized carbons (Fsp3) is 0.261. The van der Waals surface area contributed by atoms with Crippen molar-refractivity contribution >= 4 is 11.6 Å². The van der Waals surface area contributed by atoms with Gasteiger partial charge in [-0.1, -0.05) is 78.3 Å². The Balaban J connectivity index is 1.48. The highest BCUT2D eigenvalue weighted by Gasteiger charge is 2.26. The van der Waals surface area contributed by atoms with Gasteiger partial charge in [0.05, 0.1) is 6.04 Å². The van der Waals surface area contributed by atoms with Crippen LogP contribution in [0, 0.1) is 0 Å². The highest BCUT2D eigenvalue weighted by molar-refractivity contribution is 6.30. The molecular formula is C23H24ClN3. The van der Waals surface area contributed by atoms with Crippen molar-refractivity contribution in [2.75, 3.05) is 26.2 Å². The molecule has 1 aliphatic heterocycles. The van der Waals surface area contributed by atoms with Crippen LogP contribution in [0.2, 0.25) is 5.15 Å². The summed E-state index contributed by atoms with van der Waals surface area (Å²) in [5.74, 6) is 0. The van der Waals surface area contributed by atoms with E-state index in [-0.39, 0.29) is 0 Å². The Morgan fingerprint density at radius 2 is 1.37 bits per heavy atom. The molecule has 3 aromatic rings. The molecule has 0 N–H and O–H groups in total. The van der Waals surface area contributed by atoms with E-state index in [1.807, 2.05) is 6.07 Å². The third kappa shape index (κ3) is 4.38. The molecule has 0 bridgehead atoms. The lowest BCUT2D eigenvalue weighted by molar-refractivity contribution is 0.105. The predicted octanol–water partition coefficient (Wildman–Crippen LogP) is 4.64. The predicted molar refractivity (Wildman–Crippen MR) is 111 cm³/mol. The monoisotopic (exact) mass is 377 g/mol. The lowest BCUT2D eigenvalue weighted by atomic mass is 9.96. The number of aromatic nitrogens is 1. The van der Waals surface area contributed by atoms with Crippen LogP contribution in [0.25, 0.3) is 0 Å². The van der Waals surface area contributed by atoms with Crippen molar-refractivity contribution in [2.24, 2.45) is 0 Å². The zero-order valence-electron chi connectivity index (χ0n) is 15.3. The molecule has 0 aliphatic carbocycles. The summed E-state index contributed by atoms with van der Waals surface area (Å²) in [7, 11) is 0. The van der Waals surface area contributed by atoms with Crippen LogP contribution in [-0.2, 0) is 6.54 Å². The molecule has 4 heteroatoms. The van der Waals surface area contributed by atoms with Gasteiger partial charge in [0, 0.05) is 44.5 Å². The minimum absolute atomic E-state index is 0.302. The Morgan fingerprint density at radius 3 is 1.93 bits per heavy atom. The zero-order valence-corrected chi connectivity index (χ0v) is 16.1. The third-order valence-electron chi connectivity index (χ3n) is 5.23. The zero-order chi connectivity index (χ0) is 18.5. The van der Waals surface area contributed by atoms with Crippen LogP contribution in [0.1, 0.15) is 22.7 Å². The maximum Gasteiger partial charge on any atom is 0.133 e. The average molecular weight is 378 g/mol. The fourth-order valence-electron chi connectivity index (χ4n) is 3.84. The molecule has 0 saturated carbocycles. The van der Waals surface area contributed by atoms with Crippen molar-refractivity contribution in [3.63, 3.8) is 0 Å². The molecule has 0 atom stereocenters. The van der Waals surface area contributed by atoms with E-state index in [4.69, 9.17) is 11.6 Å². The molecule has 4 rings (SSSR count). The van der Waals surface area contributed by atoms with Gasteiger partial charge in [-0.25, -0.2) is 4.98 Å². The molecule has 0 unspecified atom stereocenters. The molecule has 0 radical (unpaired) electrons. The Bertz CT molecular complexity index is 806. The topological polar surface area (TPSA) is 19.4 Å². The summed E-state index contributed by atoms with van der Waals surface area (Å²) in [4.78, 5) is 9.25. The molecule has 1 saturated heterocycles. The number of hydrogen-bond acceptors (Lipinski definition) is 3. The van der Waals surface area contributed by atoms with E-state index in [1.54, 1.807) is 6.20 Å². The first-order valence-corrected chi connectivity index (χ1v) is 9.85. The van der Waals surface area contributed by atoms with Gasteiger partial charge in [-0.05, 0) is 17.2 Å². The van der Waals surface area contributed by atoms with Crippen LogP contribution in [0.4, 0.5) is 0 Å². The van der Waals surface area contributed by atoms with Gasteiger partial charge in [-0.15, -0.1) is 0 Å². The lowest BCUT2D eigenvalue weighted by Gasteiger charge is -2.39. The maximum absolute atomic E-state index is 6.23. The summed E-state index contributed by atoms with van der Waals surface area (Å²) in [6, 6.07) is 26.0. The number of halogens is 1. The van der Waals surface area contributed by atoms with Gasteiger partial charge in [-0.3, -0.25) is 9.80 Å². The van der Waals surface area contributed by atoms with Crippen LogP contribution < -0.4 is 0 Å². The van der Waals surface area contributed by atoms with Gasteiger partial charge in [-0.2, -0.15) is 0 Å². The molecular weight excluding hydrogens is 354 g/mol. The minimum Gasteiger partial charge on any atom is -0.296 e. The number of nitrogens with zero attached hydrogens (tertiary/aromatic N) is 3. The number of piperazine rings is 1. The van der Waals surface area contributed by atoms with Crippen LogP contribution in [0.5, 0.6) is 0 Å².